The number of sulfonamides is 1. The van der Waals surface area contributed by atoms with Crippen LogP contribution in [0.1, 0.15) is 17.5 Å². The zero-order valence-electron chi connectivity index (χ0n) is 11.9. The maximum absolute atomic E-state index is 12.6. The molecule has 6 nitrogen and oxygen atoms in total. The lowest BCUT2D eigenvalue weighted by Gasteiger charge is -2.20. The first-order valence-electron chi connectivity index (χ1n) is 6.76. The lowest BCUT2D eigenvalue weighted by atomic mass is 10.1. The third-order valence-corrected chi connectivity index (χ3v) is 7.30. The van der Waals surface area contributed by atoms with Crippen LogP contribution >= 0.6 is 0 Å². The Labute approximate surface area is 125 Å². The van der Waals surface area contributed by atoms with Crippen LogP contribution in [0.2, 0.25) is 0 Å². The number of hydrogen-bond acceptors (Lipinski definition) is 5. The summed E-state index contributed by atoms with van der Waals surface area (Å²) < 4.78 is 49.7. The molecule has 118 valence electrons. The molecule has 0 aliphatic carbocycles. The number of sulfone groups is 1. The van der Waals surface area contributed by atoms with Gasteiger partial charge in [0.05, 0.1) is 16.4 Å². The van der Waals surface area contributed by atoms with E-state index in [1.54, 1.807) is 18.2 Å². The SMILES string of the molecule is Cc1ccc(S(=O)(=O)N2CCCS(=O)(=O)CC2)cc1CN. The average molecular weight is 332 g/mol. The molecule has 1 aromatic carbocycles. The van der Waals surface area contributed by atoms with Gasteiger partial charge in [0.25, 0.3) is 0 Å². The van der Waals surface area contributed by atoms with Crippen molar-refractivity contribution in [3.05, 3.63) is 29.3 Å². The number of hydrogen-bond donors (Lipinski definition) is 1. The molecule has 8 heteroatoms. The molecule has 0 amide bonds. The first kappa shape index (κ1) is 16.4. The quantitative estimate of drug-likeness (QED) is 0.856. The van der Waals surface area contributed by atoms with Crippen LogP contribution in [0.3, 0.4) is 0 Å². The molecule has 2 N–H and O–H groups in total. The topological polar surface area (TPSA) is 97.5 Å². The van der Waals surface area contributed by atoms with Crippen LogP contribution in [0.4, 0.5) is 0 Å². The summed E-state index contributed by atoms with van der Waals surface area (Å²) in [5.41, 5.74) is 7.33. The maximum Gasteiger partial charge on any atom is 0.243 e. The van der Waals surface area contributed by atoms with Gasteiger partial charge in [-0.15, -0.1) is 0 Å². The van der Waals surface area contributed by atoms with Crippen LogP contribution in [-0.4, -0.2) is 45.7 Å². The van der Waals surface area contributed by atoms with E-state index in [0.717, 1.165) is 11.1 Å². The van der Waals surface area contributed by atoms with E-state index < -0.39 is 19.9 Å². The van der Waals surface area contributed by atoms with Crippen LogP contribution in [0.5, 0.6) is 0 Å². The first-order valence-corrected chi connectivity index (χ1v) is 10.0. The smallest absolute Gasteiger partial charge is 0.243 e. The van der Waals surface area contributed by atoms with Crippen molar-refractivity contribution < 1.29 is 16.8 Å². The summed E-state index contributed by atoms with van der Waals surface area (Å²) in [6.45, 7) is 2.38. The lowest BCUT2D eigenvalue weighted by Crippen LogP contribution is -2.33. The summed E-state index contributed by atoms with van der Waals surface area (Å²) in [7, 11) is -6.81. The molecule has 0 saturated carbocycles. The summed E-state index contributed by atoms with van der Waals surface area (Å²) in [5, 5.41) is 0. The van der Waals surface area contributed by atoms with Gasteiger partial charge in [-0.2, -0.15) is 4.31 Å². The van der Waals surface area contributed by atoms with Gasteiger partial charge in [-0.1, -0.05) is 6.07 Å². The second kappa shape index (κ2) is 6.04. The largest absolute Gasteiger partial charge is 0.326 e. The molecule has 0 aromatic heterocycles. The monoisotopic (exact) mass is 332 g/mol. The van der Waals surface area contributed by atoms with Crippen molar-refractivity contribution >= 4 is 19.9 Å². The Morgan fingerprint density at radius 3 is 2.62 bits per heavy atom. The third-order valence-electron chi connectivity index (χ3n) is 3.69. The minimum Gasteiger partial charge on any atom is -0.326 e. The minimum atomic E-state index is -3.67. The molecule has 0 atom stereocenters. The Morgan fingerprint density at radius 1 is 1.24 bits per heavy atom. The van der Waals surface area contributed by atoms with Gasteiger partial charge in [0.1, 0.15) is 0 Å². The van der Waals surface area contributed by atoms with Crippen LogP contribution < -0.4 is 5.73 Å². The van der Waals surface area contributed by atoms with Crippen molar-refractivity contribution in [3.63, 3.8) is 0 Å². The highest BCUT2D eigenvalue weighted by Crippen LogP contribution is 2.21. The zero-order chi connectivity index (χ0) is 15.7. The van der Waals surface area contributed by atoms with Gasteiger partial charge < -0.3 is 5.73 Å². The number of nitrogens with two attached hydrogens (primary N) is 1. The van der Waals surface area contributed by atoms with Gasteiger partial charge >= 0.3 is 0 Å². The molecular weight excluding hydrogens is 312 g/mol. The van der Waals surface area contributed by atoms with Gasteiger partial charge in [0, 0.05) is 19.6 Å². The highest BCUT2D eigenvalue weighted by molar-refractivity contribution is 7.91. The highest BCUT2D eigenvalue weighted by Gasteiger charge is 2.29. The molecule has 0 spiro atoms. The second-order valence-electron chi connectivity index (χ2n) is 5.20. The van der Waals surface area contributed by atoms with E-state index in [4.69, 9.17) is 5.73 Å². The van der Waals surface area contributed by atoms with Gasteiger partial charge in [0.15, 0.2) is 9.84 Å². The summed E-state index contributed by atoms with van der Waals surface area (Å²) in [4.78, 5) is 0.174. The molecule has 21 heavy (non-hydrogen) atoms. The van der Waals surface area contributed by atoms with Crippen LogP contribution in [0.25, 0.3) is 0 Å². The Hall–Kier alpha value is -0.960. The fourth-order valence-electron chi connectivity index (χ4n) is 2.33. The van der Waals surface area contributed by atoms with E-state index in [1.165, 1.54) is 4.31 Å². The molecule has 1 aliphatic rings. The van der Waals surface area contributed by atoms with E-state index >= 15 is 0 Å². The molecular formula is C13H20N2O4S2. The number of aryl methyl sites for hydroxylation is 1. The molecule has 0 unspecified atom stereocenters. The van der Waals surface area contributed by atoms with Crippen LogP contribution in [-0.2, 0) is 26.4 Å². The predicted molar refractivity (Wildman–Crippen MR) is 81.1 cm³/mol. The van der Waals surface area contributed by atoms with Gasteiger partial charge in [-0.25, -0.2) is 16.8 Å². The van der Waals surface area contributed by atoms with Gasteiger partial charge in [-0.3, -0.25) is 0 Å². The van der Waals surface area contributed by atoms with Crippen LogP contribution in [0, 0.1) is 6.92 Å². The van der Waals surface area contributed by atoms with E-state index in [2.05, 4.69) is 0 Å². The summed E-state index contributed by atoms with van der Waals surface area (Å²) in [6.07, 6.45) is 0.331. The molecule has 0 radical (unpaired) electrons. The van der Waals surface area contributed by atoms with Crippen molar-refractivity contribution in [2.45, 2.75) is 24.8 Å². The van der Waals surface area contributed by atoms with Crippen molar-refractivity contribution in [2.75, 3.05) is 24.6 Å². The van der Waals surface area contributed by atoms with Crippen molar-refractivity contribution in [3.8, 4) is 0 Å². The molecule has 1 saturated heterocycles. The molecule has 2 rings (SSSR count). The maximum atomic E-state index is 12.6. The molecule has 1 aliphatic heterocycles. The Bertz CT molecular complexity index is 727. The Kier molecular flexibility index (Phi) is 4.72. The van der Waals surface area contributed by atoms with Gasteiger partial charge in [0.2, 0.25) is 10.0 Å². The molecule has 1 fully saturated rings. The Morgan fingerprint density at radius 2 is 1.95 bits per heavy atom. The van der Waals surface area contributed by atoms with Crippen molar-refractivity contribution in [2.24, 2.45) is 5.73 Å². The van der Waals surface area contributed by atoms with E-state index in [9.17, 15) is 16.8 Å². The average Bonchev–Trinajstić information content (AvgIpc) is 2.60. The van der Waals surface area contributed by atoms with Crippen LogP contribution in [0.15, 0.2) is 23.1 Å². The normalized spacial score (nSPS) is 20.1. The van der Waals surface area contributed by atoms with Gasteiger partial charge in [-0.05, 0) is 36.6 Å². The molecule has 1 heterocycles. The number of benzene rings is 1. The van der Waals surface area contributed by atoms with E-state index in [-0.39, 0.29) is 36.0 Å². The summed E-state index contributed by atoms with van der Waals surface area (Å²) in [6, 6.07) is 4.84. The predicted octanol–water partition coefficient (Wildman–Crippen LogP) is 0.263. The molecule has 1 aromatic rings. The van der Waals surface area contributed by atoms with E-state index in [0.29, 0.717) is 6.42 Å². The highest BCUT2D eigenvalue weighted by atomic mass is 32.2. The lowest BCUT2D eigenvalue weighted by molar-refractivity contribution is 0.434. The fourth-order valence-corrected chi connectivity index (χ4v) is 5.25. The van der Waals surface area contributed by atoms with Crippen molar-refractivity contribution in [1.82, 2.24) is 4.31 Å². The number of nitrogens with zero attached hydrogens (tertiary/aromatic N) is 1. The fraction of sp³-hybridized carbons (Fsp3) is 0.538. The number of rotatable bonds is 3. The van der Waals surface area contributed by atoms with E-state index in [1.807, 2.05) is 6.92 Å². The minimum absolute atomic E-state index is 0.0104. The Balaban J connectivity index is 2.33. The molecule has 0 bridgehead atoms. The summed E-state index contributed by atoms with van der Waals surface area (Å²) in [5.74, 6) is -0.0806. The third kappa shape index (κ3) is 3.63. The first-order chi connectivity index (χ1) is 9.76. The second-order valence-corrected chi connectivity index (χ2v) is 9.44. The summed E-state index contributed by atoms with van der Waals surface area (Å²) >= 11 is 0. The zero-order valence-corrected chi connectivity index (χ0v) is 13.6. The standard InChI is InChI=1S/C13H20N2O4S2/c1-11-3-4-13(9-12(11)10-14)21(18,19)15-5-2-7-20(16,17)8-6-15/h3-4,9H,2,5-8,10,14H2,1H3. The van der Waals surface area contributed by atoms with Crippen molar-refractivity contribution in [1.29, 1.82) is 0 Å².